The molecule has 0 aromatic heterocycles. The number of quaternary nitrogens is 1. The van der Waals surface area contributed by atoms with E-state index in [2.05, 4.69) is 12.2 Å². The van der Waals surface area contributed by atoms with Gasteiger partial charge in [-0.3, -0.25) is 4.79 Å². The van der Waals surface area contributed by atoms with Crippen molar-refractivity contribution in [3.63, 3.8) is 0 Å². The van der Waals surface area contributed by atoms with Crippen LogP contribution in [-0.2, 0) is 11.3 Å². The first-order valence-electron chi connectivity index (χ1n) is 9.00. The lowest BCUT2D eigenvalue weighted by Gasteiger charge is -2.30. The number of nitrogens with one attached hydrogen (secondary N) is 2. The first-order chi connectivity index (χ1) is 11.1. The van der Waals surface area contributed by atoms with E-state index >= 15 is 0 Å². The van der Waals surface area contributed by atoms with Crippen LogP contribution < -0.4 is 10.2 Å². The van der Waals surface area contributed by atoms with Gasteiger partial charge in [0, 0.05) is 24.4 Å². The number of halogens is 1. The number of rotatable bonds is 6. The van der Waals surface area contributed by atoms with Gasteiger partial charge in [0.1, 0.15) is 12.4 Å². The predicted octanol–water partition coefficient (Wildman–Crippen LogP) is 2.07. The fourth-order valence-corrected chi connectivity index (χ4v) is 3.70. The maximum absolute atomic E-state index is 13.0. The molecule has 2 aliphatic rings. The summed E-state index contributed by atoms with van der Waals surface area (Å²) in [5.74, 6) is 0.563. The molecule has 1 unspecified atom stereocenters. The van der Waals surface area contributed by atoms with Crippen molar-refractivity contribution in [3.05, 3.63) is 35.6 Å². The summed E-state index contributed by atoms with van der Waals surface area (Å²) in [6.45, 7) is 3.58. The molecule has 126 valence electrons. The van der Waals surface area contributed by atoms with E-state index in [1.165, 1.54) is 49.1 Å². The summed E-state index contributed by atoms with van der Waals surface area (Å²) in [7, 11) is 0. The molecule has 23 heavy (non-hydrogen) atoms. The first-order valence-corrected chi connectivity index (χ1v) is 9.00. The van der Waals surface area contributed by atoms with Gasteiger partial charge in [-0.1, -0.05) is 31.9 Å². The number of carbonyl (C=O) groups is 1. The Morgan fingerprint density at radius 1 is 1.17 bits per heavy atom. The molecule has 0 heterocycles. The topological polar surface area (TPSA) is 33.5 Å². The fraction of sp³-hybridized carbons (Fsp3) is 0.632. The van der Waals surface area contributed by atoms with Gasteiger partial charge in [-0.25, -0.2) is 4.39 Å². The Balaban J connectivity index is 1.54. The molecule has 1 amide bonds. The second-order valence-corrected chi connectivity index (χ2v) is 7.35. The third kappa shape index (κ3) is 4.77. The molecule has 0 aliphatic heterocycles. The standard InChI is InChI=1S/C19H27FN2O/c1-14-4-2-3-5-18(14)21-19(23)13-22(17-10-11-17)12-15-6-8-16(20)9-7-15/h6-9,14,17-18H,2-5,10-13H2,1H3,(H,21,23)/p+1/t14-,18+/m1/s1. The van der Waals surface area contributed by atoms with E-state index < -0.39 is 0 Å². The van der Waals surface area contributed by atoms with Crippen LogP contribution >= 0.6 is 0 Å². The average molecular weight is 319 g/mol. The molecular weight excluding hydrogens is 291 g/mol. The quantitative estimate of drug-likeness (QED) is 0.827. The van der Waals surface area contributed by atoms with Gasteiger partial charge in [-0.2, -0.15) is 0 Å². The van der Waals surface area contributed by atoms with Crippen LogP contribution in [0.4, 0.5) is 4.39 Å². The second-order valence-electron chi connectivity index (χ2n) is 7.35. The van der Waals surface area contributed by atoms with Gasteiger partial charge in [0.15, 0.2) is 6.54 Å². The summed E-state index contributed by atoms with van der Waals surface area (Å²) in [4.78, 5) is 13.8. The molecule has 1 aromatic carbocycles. The van der Waals surface area contributed by atoms with Gasteiger partial charge in [-0.05, 0) is 30.9 Å². The molecule has 0 spiro atoms. The predicted molar refractivity (Wildman–Crippen MR) is 88.5 cm³/mol. The Hall–Kier alpha value is -1.42. The number of carbonyl (C=O) groups excluding carboxylic acids is 1. The highest BCUT2D eigenvalue weighted by molar-refractivity contribution is 5.77. The minimum atomic E-state index is -0.203. The van der Waals surface area contributed by atoms with Gasteiger partial charge in [-0.15, -0.1) is 0 Å². The molecule has 3 nitrogen and oxygen atoms in total. The minimum Gasteiger partial charge on any atom is -0.348 e. The average Bonchev–Trinajstić information content (AvgIpc) is 3.36. The van der Waals surface area contributed by atoms with Gasteiger partial charge in [0.2, 0.25) is 0 Å². The lowest BCUT2D eigenvalue weighted by molar-refractivity contribution is -0.917. The Kier molecular flexibility index (Phi) is 5.31. The summed E-state index contributed by atoms with van der Waals surface area (Å²) in [5, 5.41) is 3.26. The summed E-state index contributed by atoms with van der Waals surface area (Å²) >= 11 is 0. The molecule has 0 radical (unpaired) electrons. The van der Waals surface area contributed by atoms with Crippen molar-refractivity contribution < 1.29 is 14.1 Å². The van der Waals surface area contributed by atoms with Crippen LogP contribution in [0.2, 0.25) is 0 Å². The molecular formula is C19H28FN2O+. The number of hydrogen-bond donors (Lipinski definition) is 2. The lowest BCUT2D eigenvalue weighted by atomic mass is 9.86. The third-order valence-corrected chi connectivity index (χ3v) is 5.34. The highest BCUT2D eigenvalue weighted by Crippen LogP contribution is 2.23. The fourth-order valence-electron chi connectivity index (χ4n) is 3.70. The molecule has 0 saturated heterocycles. The molecule has 2 saturated carbocycles. The molecule has 2 aliphatic carbocycles. The Labute approximate surface area is 138 Å². The Morgan fingerprint density at radius 2 is 1.87 bits per heavy atom. The van der Waals surface area contributed by atoms with Crippen LogP contribution in [-0.4, -0.2) is 24.5 Å². The van der Waals surface area contributed by atoms with Crippen molar-refractivity contribution in [2.45, 2.75) is 64.1 Å². The molecule has 0 bridgehead atoms. The zero-order chi connectivity index (χ0) is 16.2. The Bertz CT molecular complexity index is 527. The zero-order valence-electron chi connectivity index (χ0n) is 14.0. The van der Waals surface area contributed by atoms with Crippen LogP contribution in [0.3, 0.4) is 0 Å². The highest BCUT2D eigenvalue weighted by atomic mass is 19.1. The van der Waals surface area contributed by atoms with Crippen molar-refractivity contribution in [1.82, 2.24) is 5.32 Å². The monoisotopic (exact) mass is 319 g/mol. The van der Waals surface area contributed by atoms with Crippen molar-refractivity contribution >= 4 is 5.91 Å². The minimum absolute atomic E-state index is 0.174. The van der Waals surface area contributed by atoms with E-state index in [1.54, 1.807) is 0 Å². The van der Waals surface area contributed by atoms with E-state index in [4.69, 9.17) is 0 Å². The second kappa shape index (κ2) is 7.43. The van der Waals surface area contributed by atoms with Crippen molar-refractivity contribution in [2.75, 3.05) is 6.54 Å². The summed E-state index contributed by atoms with van der Waals surface area (Å²) in [6, 6.07) is 7.61. The van der Waals surface area contributed by atoms with Crippen LogP contribution in [0.15, 0.2) is 24.3 Å². The van der Waals surface area contributed by atoms with Gasteiger partial charge in [0.05, 0.1) is 6.04 Å². The normalized spacial score (nSPS) is 25.8. The number of amides is 1. The van der Waals surface area contributed by atoms with Gasteiger partial charge >= 0.3 is 0 Å². The van der Waals surface area contributed by atoms with Crippen molar-refractivity contribution in [3.8, 4) is 0 Å². The van der Waals surface area contributed by atoms with Gasteiger partial charge < -0.3 is 10.2 Å². The van der Waals surface area contributed by atoms with E-state index in [1.807, 2.05) is 12.1 Å². The van der Waals surface area contributed by atoms with Crippen LogP contribution in [0, 0.1) is 11.7 Å². The van der Waals surface area contributed by atoms with E-state index in [-0.39, 0.29) is 11.7 Å². The molecule has 4 heteroatoms. The summed E-state index contributed by atoms with van der Waals surface area (Å²) in [6.07, 6.45) is 7.25. The summed E-state index contributed by atoms with van der Waals surface area (Å²) in [5.41, 5.74) is 1.10. The largest absolute Gasteiger partial charge is 0.348 e. The van der Waals surface area contributed by atoms with Crippen LogP contribution in [0.1, 0.15) is 51.0 Å². The smallest absolute Gasteiger partial charge is 0.275 e. The highest BCUT2D eigenvalue weighted by Gasteiger charge is 2.35. The SMILES string of the molecule is C[C@@H]1CCCC[C@@H]1NC(=O)C[NH+](Cc1ccc(F)cc1)C1CC1. The molecule has 2 fully saturated rings. The summed E-state index contributed by atoms with van der Waals surface area (Å²) < 4.78 is 13.0. The first kappa shape index (κ1) is 16.4. The van der Waals surface area contributed by atoms with Crippen molar-refractivity contribution in [2.24, 2.45) is 5.92 Å². The Morgan fingerprint density at radius 3 is 2.52 bits per heavy atom. The van der Waals surface area contributed by atoms with E-state index in [9.17, 15) is 9.18 Å². The third-order valence-electron chi connectivity index (χ3n) is 5.34. The van der Waals surface area contributed by atoms with Crippen LogP contribution in [0.5, 0.6) is 0 Å². The molecule has 3 atom stereocenters. The van der Waals surface area contributed by atoms with Crippen molar-refractivity contribution in [1.29, 1.82) is 0 Å². The molecule has 1 aromatic rings. The number of benzene rings is 1. The zero-order valence-corrected chi connectivity index (χ0v) is 14.0. The number of hydrogen-bond acceptors (Lipinski definition) is 1. The maximum atomic E-state index is 13.0. The van der Waals surface area contributed by atoms with E-state index in [0.29, 0.717) is 24.5 Å². The van der Waals surface area contributed by atoms with Crippen LogP contribution in [0.25, 0.3) is 0 Å². The lowest BCUT2D eigenvalue weighted by Crippen LogP contribution is -3.13. The molecule has 3 rings (SSSR count). The van der Waals surface area contributed by atoms with Gasteiger partial charge in [0.25, 0.3) is 5.91 Å². The van der Waals surface area contributed by atoms with E-state index in [0.717, 1.165) is 18.5 Å². The molecule has 2 N–H and O–H groups in total. The maximum Gasteiger partial charge on any atom is 0.275 e.